The lowest BCUT2D eigenvalue weighted by Gasteiger charge is -2.20. The largest absolute Gasteiger partial charge is 0.480 e. The van der Waals surface area contributed by atoms with Gasteiger partial charge in [-0.1, -0.05) is 196 Å². The zero-order valence-electron chi connectivity index (χ0n) is 38.0. The fourth-order valence-corrected chi connectivity index (χ4v) is 6.87. The molecular formula is C49H84NO10P. The number of esters is 2. The first-order chi connectivity index (χ1) is 29.6. The highest BCUT2D eigenvalue weighted by atomic mass is 31.2. The lowest BCUT2D eigenvalue weighted by molar-refractivity contribution is -0.161. The molecule has 0 amide bonds. The molecule has 0 saturated carbocycles. The van der Waals surface area contributed by atoms with Crippen molar-refractivity contribution in [3.05, 3.63) is 72.9 Å². The number of phosphoric acid groups is 1. The molecule has 0 heterocycles. The van der Waals surface area contributed by atoms with E-state index in [1.54, 1.807) is 0 Å². The van der Waals surface area contributed by atoms with Crippen LogP contribution < -0.4 is 5.73 Å². The van der Waals surface area contributed by atoms with Gasteiger partial charge in [-0.3, -0.25) is 23.4 Å². The summed E-state index contributed by atoms with van der Waals surface area (Å²) in [5.74, 6) is -2.49. The molecule has 4 N–H and O–H groups in total. The van der Waals surface area contributed by atoms with Crippen LogP contribution in [0.3, 0.4) is 0 Å². The second-order valence-electron chi connectivity index (χ2n) is 15.5. The second kappa shape index (κ2) is 43.6. The van der Waals surface area contributed by atoms with E-state index >= 15 is 0 Å². The zero-order valence-corrected chi connectivity index (χ0v) is 38.9. The first-order valence-electron chi connectivity index (χ1n) is 23.5. The van der Waals surface area contributed by atoms with Crippen LogP contribution in [0.5, 0.6) is 0 Å². The number of phosphoric ester groups is 1. The van der Waals surface area contributed by atoms with Crippen molar-refractivity contribution < 1.29 is 47.5 Å². The summed E-state index contributed by atoms with van der Waals surface area (Å²) in [5, 5.41) is 8.90. The maximum atomic E-state index is 12.6. The Bertz CT molecular complexity index is 1310. The Morgan fingerprint density at radius 3 is 1.34 bits per heavy atom. The van der Waals surface area contributed by atoms with E-state index in [0.29, 0.717) is 19.3 Å². The minimum atomic E-state index is -4.74. The summed E-state index contributed by atoms with van der Waals surface area (Å²) < 4.78 is 32.7. The first kappa shape index (κ1) is 57.9. The molecule has 0 aromatic heterocycles. The molecule has 3 atom stereocenters. The Balaban J connectivity index is 4.43. The molecule has 350 valence electrons. The van der Waals surface area contributed by atoms with E-state index < -0.39 is 51.1 Å². The molecule has 61 heavy (non-hydrogen) atoms. The number of nitrogens with two attached hydrogens (primary N) is 1. The second-order valence-corrected chi connectivity index (χ2v) is 17.0. The number of unbranched alkanes of at least 4 members (excludes halogenated alkanes) is 17. The van der Waals surface area contributed by atoms with Gasteiger partial charge in [0.2, 0.25) is 0 Å². The summed E-state index contributed by atoms with van der Waals surface area (Å²) in [6.07, 6.45) is 52.7. The Hall–Kier alpha value is -3.08. The number of carboxylic acid groups (broad SMARTS) is 1. The minimum absolute atomic E-state index is 0.0344. The minimum Gasteiger partial charge on any atom is -0.480 e. The quantitative estimate of drug-likeness (QED) is 0.0230. The number of allylic oxidation sites excluding steroid dienone is 12. The molecule has 0 aliphatic carbocycles. The van der Waals surface area contributed by atoms with Crippen LogP contribution in [0.15, 0.2) is 72.9 Å². The summed E-state index contributed by atoms with van der Waals surface area (Å²) in [4.78, 5) is 46.0. The van der Waals surface area contributed by atoms with E-state index in [9.17, 15) is 23.8 Å². The molecule has 0 aromatic rings. The lowest BCUT2D eigenvalue weighted by Crippen LogP contribution is -2.34. The van der Waals surface area contributed by atoms with Crippen molar-refractivity contribution in [2.45, 2.75) is 199 Å². The van der Waals surface area contributed by atoms with Gasteiger partial charge >= 0.3 is 25.7 Å². The normalized spacial score (nSPS) is 14.3. The lowest BCUT2D eigenvalue weighted by atomic mass is 10.0. The molecule has 0 radical (unpaired) electrons. The first-order valence-corrected chi connectivity index (χ1v) is 25.0. The van der Waals surface area contributed by atoms with Gasteiger partial charge in [0.25, 0.3) is 0 Å². The van der Waals surface area contributed by atoms with Gasteiger partial charge in [0, 0.05) is 12.8 Å². The van der Waals surface area contributed by atoms with Gasteiger partial charge in [0.05, 0.1) is 13.2 Å². The Labute approximate surface area is 370 Å². The van der Waals surface area contributed by atoms with E-state index in [2.05, 4.69) is 73.1 Å². The predicted molar refractivity (Wildman–Crippen MR) is 249 cm³/mol. The monoisotopic (exact) mass is 878 g/mol. The topological polar surface area (TPSA) is 172 Å². The average Bonchev–Trinajstić information content (AvgIpc) is 3.24. The molecule has 0 aromatic carbocycles. The van der Waals surface area contributed by atoms with E-state index in [0.717, 1.165) is 51.4 Å². The van der Waals surface area contributed by atoms with Crippen molar-refractivity contribution >= 4 is 25.7 Å². The van der Waals surface area contributed by atoms with Gasteiger partial charge in [-0.25, -0.2) is 4.57 Å². The molecule has 0 aliphatic heterocycles. The van der Waals surface area contributed by atoms with Crippen LogP contribution in [0.4, 0.5) is 0 Å². The molecular weight excluding hydrogens is 794 g/mol. The van der Waals surface area contributed by atoms with Crippen molar-refractivity contribution in [2.75, 3.05) is 19.8 Å². The number of hydrogen-bond acceptors (Lipinski definition) is 9. The molecule has 0 fully saturated rings. The van der Waals surface area contributed by atoms with Crippen LogP contribution in [-0.4, -0.2) is 59.9 Å². The van der Waals surface area contributed by atoms with Gasteiger partial charge in [-0.15, -0.1) is 0 Å². The number of carboxylic acids is 1. The van der Waals surface area contributed by atoms with Crippen LogP contribution in [0.25, 0.3) is 0 Å². The average molecular weight is 878 g/mol. The number of carbonyl (C=O) groups excluding carboxylic acids is 2. The Kier molecular flexibility index (Phi) is 41.4. The summed E-state index contributed by atoms with van der Waals surface area (Å²) in [7, 11) is -4.74. The van der Waals surface area contributed by atoms with Gasteiger partial charge < -0.3 is 25.2 Å². The van der Waals surface area contributed by atoms with E-state index in [-0.39, 0.29) is 19.4 Å². The highest BCUT2D eigenvalue weighted by Crippen LogP contribution is 2.43. The summed E-state index contributed by atoms with van der Waals surface area (Å²) in [6, 6.07) is -1.54. The van der Waals surface area contributed by atoms with Crippen LogP contribution in [0, 0.1) is 0 Å². The van der Waals surface area contributed by atoms with Crippen molar-refractivity contribution in [3.8, 4) is 0 Å². The predicted octanol–water partition coefficient (Wildman–Crippen LogP) is 12.9. The molecule has 0 aliphatic rings. The molecule has 0 saturated heterocycles. The number of ether oxygens (including phenoxy) is 2. The highest BCUT2D eigenvalue weighted by molar-refractivity contribution is 7.47. The fraction of sp³-hybridized carbons (Fsp3) is 0.694. The SMILES string of the molecule is CC/C=C/C/C=C/C/C=C/C/C=C/C/C=C/C/C=C/CCC(=O)O[C@H](COC(=O)CCCCCCCCCCCCCCCCCCCC)COP(=O)(O)OC[C@H](N)C(=O)O. The number of rotatable bonds is 43. The summed E-state index contributed by atoms with van der Waals surface area (Å²) in [6.45, 7) is 2.63. The summed E-state index contributed by atoms with van der Waals surface area (Å²) >= 11 is 0. The molecule has 0 rings (SSSR count). The van der Waals surface area contributed by atoms with E-state index in [1.807, 2.05) is 18.2 Å². The van der Waals surface area contributed by atoms with Crippen LogP contribution in [0.1, 0.15) is 187 Å². The van der Waals surface area contributed by atoms with Crippen molar-refractivity contribution in [1.29, 1.82) is 0 Å². The molecule has 1 unspecified atom stereocenters. The smallest absolute Gasteiger partial charge is 0.472 e. The number of aliphatic carboxylic acids is 1. The number of hydrogen-bond donors (Lipinski definition) is 3. The number of carbonyl (C=O) groups is 3. The van der Waals surface area contributed by atoms with E-state index in [1.165, 1.54) is 89.9 Å². The standard InChI is InChI=1S/C49H84NO10P/c1-3-5-7-9-11-13-15-17-19-21-23-25-27-29-31-33-35-37-39-41-48(52)60-45(43-58-61(55,56)59-44-46(50)49(53)54)42-57-47(51)40-38-36-34-32-30-28-26-24-22-20-18-16-14-12-10-8-6-4-2/h5,7,11,13,17,19,23,25,29,31,35,37,45-46H,3-4,6,8-10,12,14-16,18,20-22,24,26-28,30,32-34,36,38-44,50H2,1-2H3,(H,53,54)(H,55,56)/b7-5+,13-11+,19-17+,25-23+,31-29+,37-35+/t45-,46+/m1/s1. The van der Waals surface area contributed by atoms with Gasteiger partial charge in [-0.2, -0.15) is 0 Å². The molecule has 0 spiro atoms. The summed E-state index contributed by atoms with van der Waals surface area (Å²) in [5.41, 5.74) is 5.34. The van der Waals surface area contributed by atoms with Crippen molar-refractivity contribution in [3.63, 3.8) is 0 Å². The third-order valence-electron chi connectivity index (χ3n) is 9.73. The van der Waals surface area contributed by atoms with E-state index in [4.69, 9.17) is 24.8 Å². The maximum Gasteiger partial charge on any atom is 0.472 e. The molecule has 12 heteroatoms. The highest BCUT2D eigenvalue weighted by Gasteiger charge is 2.28. The van der Waals surface area contributed by atoms with Gasteiger partial charge in [-0.05, 0) is 51.4 Å². The maximum absolute atomic E-state index is 12.6. The van der Waals surface area contributed by atoms with Crippen molar-refractivity contribution in [1.82, 2.24) is 0 Å². The molecule has 11 nitrogen and oxygen atoms in total. The Morgan fingerprint density at radius 2 is 0.918 bits per heavy atom. The van der Waals surface area contributed by atoms with Crippen LogP contribution in [0.2, 0.25) is 0 Å². The molecule has 0 bridgehead atoms. The third kappa shape index (κ3) is 43.4. The van der Waals surface area contributed by atoms with Crippen LogP contribution in [-0.2, 0) is 37.5 Å². The van der Waals surface area contributed by atoms with Gasteiger partial charge in [0.1, 0.15) is 12.6 Å². The zero-order chi connectivity index (χ0) is 44.9. The van der Waals surface area contributed by atoms with Gasteiger partial charge in [0.15, 0.2) is 6.10 Å². The van der Waals surface area contributed by atoms with Crippen LogP contribution >= 0.6 is 7.82 Å². The Morgan fingerprint density at radius 1 is 0.525 bits per heavy atom. The third-order valence-corrected chi connectivity index (χ3v) is 10.7. The fourth-order valence-electron chi connectivity index (χ4n) is 6.09. The van der Waals surface area contributed by atoms with Crippen molar-refractivity contribution in [2.24, 2.45) is 5.73 Å².